The molecule has 21 heavy (non-hydrogen) atoms. The van der Waals surface area contributed by atoms with E-state index in [4.69, 9.17) is 15.0 Å². The molecule has 1 aliphatic carbocycles. The molecule has 1 aromatic carbocycles. The van der Waals surface area contributed by atoms with Gasteiger partial charge < -0.3 is 20.1 Å². The average Bonchev–Trinajstić information content (AvgIpc) is 2.91. The zero-order valence-corrected chi connectivity index (χ0v) is 12.0. The van der Waals surface area contributed by atoms with E-state index in [0.717, 1.165) is 24.8 Å². The number of nitrogens with zero attached hydrogens (tertiary/aromatic N) is 2. The maximum Gasteiger partial charge on any atom is 0.244 e. The molecule has 2 aromatic rings. The summed E-state index contributed by atoms with van der Waals surface area (Å²) >= 11 is 0. The van der Waals surface area contributed by atoms with E-state index >= 15 is 0 Å². The van der Waals surface area contributed by atoms with Gasteiger partial charge in [-0.25, -0.2) is 0 Å². The van der Waals surface area contributed by atoms with Gasteiger partial charge in [0.15, 0.2) is 0 Å². The molecule has 1 heterocycles. The first kappa shape index (κ1) is 14.0. The van der Waals surface area contributed by atoms with Crippen LogP contribution < -0.4 is 5.73 Å². The average molecular weight is 289 g/mol. The SMILES string of the molecule is COC1(c2noc([C@H](N)Cc3ccc(O)cc3)n2)CCC1. The van der Waals surface area contributed by atoms with Crippen LogP contribution in [0.2, 0.25) is 0 Å². The lowest BCUT2D eigenvalue weighted by atomic mass is 9.79. The van der Waals surface area contributed by atoms with Gasteiger partial charge in [-0.3, -0.25) is 0 Å². The first-order valence-corrected chi connectivity index (χ1v) is 7.06. The van der Waals surface area contributed by atoms with Crippen molar-refractivity contribution in [2.75, 3.05) is 7.11 Å². The van der Waals surface area contributed by atoms with Crippen LogP contribution in [0.25, 0.3) is 0 Å². The number of rotatable bonds is 5. The minimum absolute atomic E-state index is 0.236. The Balaban J connectivity index is 1.72. The molecular weight excluding hydrogens is 270 g/mol. The van der Waals surface area contributed by atoms with Gasteiger partial charge in [-0.2, -0.15) is 4.98 Å². The molecular formula is C15H19N3O3. The van der Waals surface area contributed by atoms with Crippen LogP contribution in [0.3, 0.4) is 0 Å². The number of ether oxygens (including phenoxy) is 1. The van der Waals surface area contributed by atoms with Crippen LogP contribution in [-0.2, 0) is 16.8 Å². The smallest absolute Gasteiger partial charge is 0.244 e. The molecule has 0 spiro atoms. The van der Waals surface area contributed by atoms with Crippen molar-refractivity contribution in [1.82, 2.24) is 10.1 Å². The fourth-order valence-corrected chi connectivity index (χ4v) is 2.56. The van der Waals surface area contributed by atoms with Crippen LogP contribution in [0.5, 0.6) is 5.75 Å². The highest BCUT2D eigenvalue weighted by Crippen LogP contribution is 2.42. The predicted octanol–water partition coefficient (Wildman–Crippen LogP) is 2.04. The second kappa shape index (κ2) is 5.46. The van der Waals surface area contributed by atoms with Crippen molar-refractivity contribution in [3.63, 3.8) is 0 Å². The van der Waals surface area contributed by atoms with E-state index < -0.39 is 0 Å². The Morgan fingerprint density at radius 3 is 2.67 bits per heavy atom. The van der Waals surface area contributed by atoms with Crippen molar-refractivity contribution >= 4 is 0 Å². The van der Waals surface area contributed by atoms with Crippen molar-refractivity contribution in [2.45, 2.75) is 37.3 Å². The van der Waals surface area contributed by atoms with Crippen LogP contribution in [0.15, 0.2) is 28.8 Å². The summed E-state index contributed by atoms with van der Waals surface area (Å²) in [4.78, 5) is 4.41. The van der Waals surface area contributed by atoms with Crippen LogP contribution >= 0.6 is 0 Å². The van der Waals surface area contributed by atoms with E-state index in [1.807, 2.05) is 12.1 Å². The molecule has 0 aliphatic heterocycles. The molecule has 0 radical (unpaired) electrons. The fraction of sp³-hybridized carbons (Fsp3) is 0.467. The van der Waals surface area contributed by atoms with Crippen molar-refractivity contribution in [3.05, 3.63) is 41.5 Å². The molecule has 0 bridgehead atoms. The third kappa shape index (κ3) is 2.64. The Labute approximate surface area is 122 Å². The summed E-state index contributed by atoms with van der Waals surface area (Å²) in [5, 5.41) is 13.3. The van der Waals surface area contributed by atoms with Crippen LogP contribution in [0.4, 0.5) is 0 Å². The van der Waals surface area contributed by atoms with Crippen LogP contribution in [0, 0.1) is 0 Å². The van der Waals surface area contributed by atoms with Gasteiger partial charge in [-0.1, -0.05) is 17.3 Å². The Bertz CT molecular complexity index is 599. The summed E-state index contributed by atoms with van der Waals surface area (Å²) in [7, 11) is 1.67. The minimum atomic E-state index is -0.389. The molecule has 0 saturated heterocycles. The van der Waals surface area contributed by atoms with Gasteiger partial charge in [0.2, 0.25) is 11.7 Å². The zero-order valence-electron chi connectivity index (χ0n) is 12.0. The van der Waals surface area contributed by atoms with E-state index in [9.17, 15) is 5.11 Å². The lowest BCUT2D eigenvalue weighted by Gasteiger charge is -2.37. The van der Waals surface area contributed by atoms with Gasteiger partial charge in [0.05, 0.1) is 6.04 Å². The molecule has 6 heteroatoms. The van der Waals surface area contributed by atoms with Crippen molar-refractivity contribution in [2.24, 2.45) is 5.73 Å². The van der Waals surface area contributed by atoms with Crippen LogP contribution in [-0.4, -0.2) is 22.4 Å². The molecule has 1 aromatic heterocycles. The standard InChI is InChI=1S/C15H19N3O3/c1-20-15(7-2-8-15)14-17-13(21-18-14)12(16)9-10-3-5-11(19)6-4-10/h3-6,12,19H,2,7-9,16H2,1H3/t12-/m1/s1. The van der Waals surface area contributed by atoms with Gasteiger partial charge >= 0.3 is 0 Å². The van der Waals surface area contributed by atoms with Gasteiger partial charge in [0.25, 0.3) is 0 Å². The van der Waals surface area contributed by atoms with Gasteiger partial charge in [0.1, 0.15) is 11.4 Å². The number of phenolic OH excluding ortho intramolecular Hbond substituents is 1. The molecule has 1 fully saturated rings. The van der Waals surface area contributed by atoms with Gasteiger partial charge in [0, 0.05) is 7.11 Å². The zero-order chi connectivity index (χ0) is 14.9. The molecule has 0 amide bonds. The predicted molar refractivity (Wildman–Crippen MR) is 75.6 cm³/mol. The molecule has 3 N–H and O–H groups in total. The molecule has 1 saturated carbocycles. The first-order valence-electron chi connectivity index (χ1n) is 7.06. The molecule has 3 rings (SSSR count). The van der Waals surface area contributed by atoms with Crippen LogP contribution in [0.1, 0.15) is 42.6 Å². The Kier molecular flexibility index (Phi) is 3.65. The third-order valence-corrected chi connectivity index (χ3v) is 4.11. The van der Waals surface area contributed by atoms with Gasteiger partial charge in [-0.15, -0.1) is 0 Å². The number of aromatic nitrogens is 2. The number of benzene rings is 1. The summed E-state index contributed by atoms with van der Waals surface area (Å²) in [5.74, 6) is 1.24. The van der Waals surface area contributed by atoms with E-state index in [-0.39, 0.29) is 17.4 Å². The monoisotopic (exact) mass is 289 g/mol. The summed E-state index contributed by atoms with van der Waals surface area (Å²) < 4.78 is 10.8. The minimum Gasteiger partial charge on any atom is -0.508 e. The number of aromatic hydroxyl groups is 1. The largest absolute Gasteiger partial charge is 0.508 e. The second-order valence-electron chi connectivity index (χ2n) is 5.49. The number of methoxy groups -OCH3 is 1. The molecule has 0 unspecified atom stereocenters. The second-order valence-corrected chi connectivity index (χ2v) is 5.49. The first-order chi connectivity index (χ1) is 10.1. The number of nitrogens with two attached hydrogens (primary N) is 1. The highest BCUT2D eigenvalue weighted by Gasteiger charge is 2.43. The molecule has 112 valence electrons. The number of hydrogen-bond acceptors (Lipinski definition) is 6. The molecule has 6 nitrogen and oxygen atoms in total. The van der Waals surface area contributed by atoms with Crippen molar-refractivity contribution in [1.29, 1.82) is 0 Å². The van der Waals surface area contributed by atoms with E-state index in [1.54, 1.807) is 19.2 Å². The fourth-order valence-electron chi connectivity index (χ4n) is 2.56. The van der Waals surface area contributed by atoms with Crippen molar-refractivity contribution < 1.29 is 14.4 Å². The topological polar surface area (TPSA) is 94.4 Å². The third-order valence-electron chi connectivity index (χ3n) is 4.11. The van der Waals surface area contributed by atoms with Crippen molar-refractivity contribution in [3.8, 4) is 5.75 Å². The van der Waals surface area contributed by atoms with E-state index in [1.165, 1.54) is 0 Å². The summed E-state index contributed by atoms with van der Waals surface area (Å²) in [5.41, 5.74) is 6.74. The Morgan fingerprint density at radius 2 is 2.10 bits per heavy atom. The lowest BCUT2D eigenvalue weighted by molar-refractivity contribution is -0.0858. The normalized spacial score (nSPS) is 18.2. The highest BCUT2D eigenvalue weighted by atomic mass is 16.5. The summed E-state index contributed by atoms with van der Waals surface area (Å²) in [6.07, 6.45) is 3.50. The Morgan fingerprint density at radius 1 is 1.38 bits per heavy atom. The lowest BCUT2D eigenvalue weighted by Crippen LogP contribution is -2.37. The van der Waals surface area contributed by atoms with E-state index in [0.29, 0.717) is 18.1 Å². The maximum absolute atomic E-state index is 9.28. The van der Waals surface area contributed by atoms with Gasteiger partial charge in [-0.05, 0) is 43.4 Å². The van der Waals surface area contributed by atoms with E-state index in [2.05, 4.69) is 10.1 Å². The highest BCUT2D eigenvalue weighted by molar-refractivity contribution is 5.26. The molecule has 1 aliphatic rings. The number of phenols is 1. The summed E-state index contributed by atoms with van der Waals surface area (Å²) in [6.45, 7) is 0. The Hall–Kier alpha value is -1.92. The maximum atomic E-state index is 9.28. The quantitative estimate of drug-likeness (QED) is 0.874. The number of hydrogen-bond donors (Lipinski definition) is 2. The summed E-state index contributed by atoms with van der Waals surface area (Å²) in [6, 6.07) is 6.56. The molecule has 1 atom stereocenters.